The molecule has 1 aromatic carbocycles. The maximum absolute atomic E-state index is 14.3. The molecule has 0 spiro atoms. The van der Waals surface area contributed by atoms with Crippen molar-refractivity contribution >= 4 is 11.8 Å². The summed E-state index contributed by atoms with van der Waals surface area (Å²) in [5.74, 6) is -2.25. The number of hydrogen-bond donors (Lipinski definition) is 2. The van der Waals surface area contributed by atoms with Crippen molar-refractivity contribution in [2.24, 2.45) is 0 Å². The minimum Gasteiger partial charge on any atom is -0.373 e. The van der Waals surface area contributed by atoms with Gasteiger partial charge < -0.3 is 19.9 Å². The van der Waals surface area contributed by atoms with Crippen LogP contribution in [0.3, 0.4) is 0 Å². The Bertz CT molecular complexity index is 1200. The van der Waals surface area contributed by atoms with Gasteiger partial charge in [-0.3, -0.25) is 19.6 Å². The van der Waals surface area contributed by atoms with E-state index in [0.717, 1.165) is 12.1 Å². The van der Waals surface area contributed by atoms with Gasteiger partial charge in [-0.25, -0.2) is 8.78 Å². The number of rotatable bonds is 7. The average molecular weight is 469 g/mol. The van der Waals surface area contributed by atoms with Crippen molar-refractivity contribution in [3.63, 3.8) is 0 Å². The number of aromatic nitrogens is 3. The lowest BCUT2D eigenvalue weighted by Crippen LogP contribution is -2.31. The van der Waals surface area contributed by atoms with Gasteiger partial charge in [-0.05, 0) is 25.5 Å². The fraction of sp³-hybridized carbons (Fsp3) is 0.333. The molecule has 0 radical (unpaired) electrons. The van der Waals surface area contributed by atoms with Gasteiger partial charge in [0.15, 0.2) is 0 Å². The highest BCUT2D eigenvalue weighted by Crippen LogP contribution is 2.25. The summed E-state index contributed by atoms with van der Waals surface area (Å²) >= 11 is 0. The Balaban J connectivity index is 1.58. The fourth-order valence-electron chi connectivity index (χ4n) is 4.01. The van der Waals surface area contributed by atoms with Gasteiger partial charge in [-0.1, -0.05) is 13.0 Å². The topological polar surface area (TPSA) is 98.1 Å². The zero-order valence-corrected chi connectivity index (χ0v) is 18.8. The molecular formula is C24H25F2N5O3. The quantitative estimate of drug-likeness (QED) is 0.552. The predicted octanol–water partition coefficient (Wildman–Crippen LogP) is 3.46. The van der Waals surface area contributed by atoms with E-state index >= 15 is 0 Å². The standard InChI is InChI=1S/C24H25F2N5O3/c1-3-19(16-5-4-15(25)10-18(16)26)30-23(32)17-11-21(31-8-9-34-13-22(17)31)24(33)29-14(2)20-12-27-6-7-28-20/h4-7,10-12,14,19H,3,8-9,13H2,1-2H3,(H,29,33)(H,30,32)/t14-,19-/m1/s1. The van der Waals surface area contributed by atoms with Gasteiger partial charge in [0, 0.05) is 30.6 Å². The van der Waals surface area contributed by atoms with Crippen LogP contribution >= 0.6 is 0 Å². The minimum absolute atomic E-state index is 0.164. The molecule has 2 amide bonds. The normalized spacial score (nSPS) is 14.7. The largest absolute Gasteiger partial charge is 0.373 e. The van der Waals surface area contributed by atoms with Crippen LogP contribution in [0.15, 0.2) is 42.9 Å². The number of halogens is 2. The Morgan fingerprint density at radius 2 is 2.00 bits per heavy atom. The number of nitrogens with one attached hydrogen (secondary N) is 2. The lowest BCUT2D eigenvalue weighted by Gasteiger charge is -2.21. The highest BCUT2D eigenvalue weighted by atomic mass is 19.1. The van der Waals surface area contributed by atoms with Crippen LogP contribution in [0.25, 0.3) is 0 Å². The Morgan fingerprint density at radius 1 is 1.18 bits per heavy atom. The first-order valence-corrected chi connectivity index (χ1v) is 11.0. The van der Waals surface area contributed by atoms with E-state index < -0.39 is 29.6 Å². The second kappa shape index (κ2) is 10.1. The summed E-state index contributed by atoms with van der Waals surface area (Å²) in [5, 5.41) is 5.69. The average Bonchev–Trinajstić information content (AvgIpc) is 3.23. The van der Waals surface area contributed by atoms with Gasteiger partial charge in [0.25, 0.3) is 11.8 Å². The van der Waals surface area contributed by atoms with Crippen molar-refractivity contribution in [1.82, 2.24) is 25.2 Å². The number of nitrogens with zero attached hydrogens (tertiary/aromatic N) is 3. The molecule has 2 aromatic heterocycles. The van der Waals surface area contributed by atoms with Crippen LogP contribution in [0.4, 0.5) is 8.78 Å². The van der Waals surface area contributed by atoms with Crippen molar-refractivity contribution in [3.05, 3.63) is 82.7 Å². The molecule has 2 atom stereocenters. The van der Waals surface area contributed by atoms with Crippen molar-refractivity contribution < 1.29 is 23.1 Å². The molecule has 4 rings (SSSR count). The molecule has 8 nitrogen and oxygen atoms in total. The molecule has 10 heteroatoms. The van der Waals surface area contributed by atoms with Gasteiger partial charge in [0.2, 0.25) is 0 Å². The van der Waals surface area contributed by atoms with Gasteiger partial charge in [-0.2, -0.15) is 0 Å². The molecule has 0 bridgehead atoms. The van der Waals surface area contributed by atoms with Crippen LogP contribution in [-0.2, 0) is 17.9 Å². The first-order chi connectivity index (χ1) is 16.4. The summed E-state index contributed by atoms with van der Waals surface area (Å²) in [7, 11) is 0. The summed E-state index contributed by atoms with van der Waals surface area (Å²) in [5.41, 5.74) is 1.96. The van der Waals surface area contributed by atoms with Crippen LogP contribution in [-0.4, -0.2) is 33.0 Å². The highest BCUT2D eigenvalue weighted by molar-refractivity contribution is 6.01. The molecule has 2 N–H and O–H groups in total. The van der Waals surface area contributed by atoms with E-state index in [0.29, 0.717) is 36.7 Å². The number of amides is 2. The summed E-state index contributed by atoms with van der Waals surface area (Å²) in [4.78, 5) is 34.5. The summed E-state index contributed by atoms with van der Waals surface area (Å²) in [6.45, 7) is 4.56. The van der Waals surface area contributed by atoms with Crippen LogP contribution in [0.5, 0.6) is 0 Å². The number of hydrogen-bond acceptors (Lipinski definition) is 5. The molecule has 0 saturated heterocycles. The zero-order valence-electron chi connectivity index (χ0n) is 18.8. The second-order valence-electron chi connectivity index (χ2n) is 8.02. The SMILES string of the molecule is CC[C@@H](NC(=O)c1cc(C(=O)N[C@H](C)c2cnccn2)n2c1COCC2)c1ccc(F)cc1F. The molecule has 0 fully saturated rings. The first-order valence-electron chi connectivity index (χ1n) is 11.0. The summed E-state index contributed by atoms with van der Waals surface area (Å²) in [6.07, 6.45) is 5.06. The molecule has 3 aromatic rings. The highest BCUT2D eigenvalue weighted by Gasteiger charge is 2.28. The second-order valence-corrected chi connectivity index (χ2v) is 8.02. The minimum atomic E-state index is -0.729. The monoisotopic (exact) mass is 469 g/mol. The lowest BCUT2D eigenvalue weighted by atomic mass is 10.0. The van der Waals surface area contributed by atoms with Crippen molar-refractivity contribution in [1.29, 1.82) is 0 Å². The first kappa shape index (κ1) is 23.5. The Morgan fingerprint density at radius 3 is 2.71 bits per heavy atom. The number of fused-ring (bicyclic) bond motifs is 1. The van der Waals surface area contributed by atoms with Crippen LogP contribution < -0.4 is 10.6 Å². The van der Waals surface area contributed by atoms with Crippen molar-refractivity contribution in [3.8, 4) is 0 Å². The van der Waals surface area contributed by atoms with Crippen LogP contribution in [0, 0.1) is 11.6 Å². The van der Waals surface area contributed by atoms with Gasteiger partial charge >= 0.3 is 0 Å². The molecule has 0 saturated carbocycles. The number of ether oxygens (including phenoxy) is 1. The van der Waals surface area contributed by atoms with Gasteiger partial charge in [0.1, 0.15) is 17.3 Å². The maximum atomic E-state index is 14.3. The molecule has 3 heterocycles. The molecule has 178 valence electrons. The molecule has 0 unspecified atom stereocenters. The zero-order chi connectivity index (χ0) is 24.2. The molecule has 34 heavy (non-hydrogen) atoms. The fourth-order valence-corrected chi connectivity index (χ4v) is 4.01. The third kappa shape index (κ3) is 4.81. The maximum Gasteiger partial charge on any atom is 0.268 e. The van der Waals surface area contributed by atoms with E-state index in [1.165, 1.54) is 12.1 Å². The Kier molecular flexibility index (Phi) is 6.97. The number of carbonyl (C=O) groups is 2. The van der Waals surface area contributed by atoms with E-state index in [4.69, 9.17) is 4.74 Å². The van der Waals surface area contributed by atoms with E-state index in [1.54, 1.807) is 37.0 Å². The summed E-state index contributed by atoms with van der Waals surface area (Å²) in [6, 6.07) is 3.73. The summed E-state index contributed by atoms with van der Waals surface area (Å²) < 4.78 is 34.9. The lowest BCUT2D eigenvalue weighted by molar-refractivity contribution is 0.0774. The molecule has 0 aliphatic carbocycles. The van der Waals surface area contributed by atoms with Crippen LogP contribution in [0.1, 0.15) is 70.1 Å². The van der Waals surface area contributed by atoms with E-state index in [-0.39, 0.29) is 23.6 Å². The Labute approximate surface area is 195 Å². The number of benzene rings is 1. The van der Waals surface area contributed by atoms with E-state index in [9.17, 15) is 18.4 Å². The molecular weight excluding hydrogens is 444 g/mol. The van der Waals surface area contributed by atoms with Gasteiger partial charge in [-0.15, -0.1) is 0 Å². The molecule has 1 aliphatic heterocycles. The van der Waals surface area contributed by atoms with Crippen molar-refractivity contribution in [2.75, 3.05) is 6.61 Å². The third-order valence-corrected chi connectivity index (χ3v) is 5.81. The third-order valence-electron chi connectivity index (χ3n) is 5.81. The van der Waals surface area contributed by atoms with Gasteiger partial charge in [0.05, 0.1) is 48.4 Å². The van der Waals surface area contributed by atoms with Crippen molar-refractivity contribution in [2.45, 2.75) is 45.5 Å². The smallest absolute Gasteiger partial charge is 0.268 e. The Hall–Kier alpha value is -3.66. The van der Waals surface area contributed by atoms with E-state index in [1.807, 2.05) is 0 Å². The molecule has 1 aliphatic rings. The van der Waals surface area contributed by atoms with E-state index in [2.05, 4.69) is 20.6 Å². The van der Waals surface area contributed by atoms with Crippen LogP contribution in [0.2, 0.25) is 0 Å². The number of carbonyl (C=O) groups excluding carboxylic acids is 2. The predicted molar refractivity (Wildman–Crippen MR) is 119 cm³/mol.